The predicted octanol–water partition coefficient (Wildman–Crippen LogP) is 8.21. The van der Waals surface area contributed by atoms with Crippen LogP contribution in [0.2, 0.25) is 5.02 Å². The number of aliphatic hydroxyl groups is 1. The molecular weight excluding hydrogens is 426 g/mol. The van der Waals surface area contributed by atoms with Crippen LogP contribution < -0.4 is 0 Å². The van der Waals surface area contributed by atoms with E-state index >= 15 is 0 Å². The molecule has 0 saturated heterocycles. The van der Waals surface area contributed by atoms with E-state index in [4.69, 9.17) is 11.6 Å². The van der Waals surface area contributed by atoms with Crippen LogP contribution in [0.25, 0.3) is 23.1 Å². The third-order valence-electron chi connectivity index (χ3n) is 6.05. The van der Waals surface area contributed by atoms with Crippen LogP contribution in [0.15, 0.2) is 91.1 Å². The van der Waals surface area contributed by atoms with Gasteiger partial charge in [0.05, 0.1) is 16.8 Å². The average molecular weight is 458 g/mol. The lowest BCUT2D eigenvalue weighted by atomic mass is 9.87. The monoisotopic (exact) mass is 457 g/mol. The summed E-state index contributed by atoms with van der Waals surface area (Å²) in [6.07, 6.45) is 11.1. The van der Waals surface area contributed by atoms with Gasteiger partial charge in [0.15, 0.2) is 0 Å². The van der Waals surface area contributed by atoms with Gasteiger partial charge < -0.3 is 5.11 Å². The molecule has 0 saturated carbocycles. The zero-order valence-electron chi connectivity index (χ0n) is 19.5. The molecular formula is C30H32ClNO. The molecule has 3 rings (SSSR count). The summed E-state index contributed by atoms with van der Waals surface area (Å²) in [6.45, 7) is 11.7. The van der Waals surface area contributed by atoms with Crippen molar-refractivity contribution in [3.05, 3.63) is 113 Å². The first kappa shape index (κ1) is 24.7. The highest BCUT2D eigenvalue weighted by atomic mass is 35.5. The lowest BCUT2D eigenvalue weighted by molar-refractivity contribution is 0.0973. The molecule has 33 heavy (non-hydrogen) atoms. The zero-order valence-corrected chi connectivity index (χ0v) is 20.3. The maximum Gasteiger partial charge on any atom is 0.0868 e. The fourth-order valence-corrected chi connectivity index (χ4v) is 4.12. The first-order valence-corrected chi connectivity index (χ1v) is 11.8. The number of hydrogen-bond donors (Lipinski definition) is 1. The van der Waals surface area contributed by atoms with Crippen LogP contribution in [0.4, 0.5) is 0 Å². The summed E-state index contributed by atoms with van der Waals surface area (Å²) in [5, 5.41) is 12.4. The molecule has 3 aromatic rings. The summed E-state index contributed by atoms with van der Waals surface area (Å²) in [7, 11) is 0. The molecule has 0 bridgehead atoms. The van der Waals surface area contributed by atoms with Crippen molar-refractivity contribution in [3.8, 4) is 0 Å². The molecule has 0 aliphatic rings. The van der Waals surface area contributed by atoms with Crippen molar-refractivity contribution in [2.45, 2.75) is 45.1 Å². The Morgan fingerprint density at radius 1 is 1.06 bits per heavy atom. The summed E-state index contributed by atoms with van der Waals surface area (Å²) in [6, 6.07) is 18.4. The molecule has 0 aliphatic carbocycles. The van der Waals surface area contributed by atoms with Gasteiger partial charge in [-0.2, -0.15) is 0 Å². The van der Waals surface area contributed by atoms with Gasteiger partial charge in [-0.25, -0.2) is 4.98 Å². The van der Waals surface area contributed by atoms with Crippen molar-refractivity contribution in [1.29, 1.82) is 0 Å². The average Bonchev–Trinajstić information content (AvgIpc) is 2.82. The van der Waals surface area contributed by atoms with Crippen molar-refractivity contribution in [2.75, 3.05) is 0 Å². The van der Waals surface area contributed by atoms with Crippen LogP contribution in [0.1, 0.15) is 49.9 Å². The number of nitrogens with zero attached hydrogens (tertiary/aromatic N) is 1. The number of aryl methyl sites for hydroxylation is 1. The van der Waals surface area contributed by atoms with E-state index in [-0.39, 0.29) is 0 Å². The maximum atomic E-state index is 10.7. The molecule has 170 valence electrons. The van der Waals surface area contributed by atoms with Crippen LogP contribution in [0, 0.1) is 0 Å². The Kier molecular flexibility index (Phi) is 8.43. The summed E-state index contributed by atoms with van der Waals surface area (Å²) in [4.78, 5) is 4.69. The van der Waals surface area contributed by atoms with E-state index in [0.717, 1.165) is 52.6 Å². The van der Waals surface area contributed by atoms with Gasteiger partial charge in [-0.05, 0) is 79.2 Å². The maximum absolute atomic E-state index is 10.7. The number of halogens is 1. The standard InChI is InChI=1S/C30H32ClNO/c1-5-24(28(6-2)30(4,33)7-3)13-9-12-22-10-8-11-23(20-22)14-18-27-19-16-25-15-17-26(31)21-29(25)32-27/h5-6,8,10-11,14-21,33H,1-2,7,9,12-13H2,3-4H3/b18-14+,28-24-. The van der Waals surface area contributed by atoms with Gasteiger partial charge >= 0.3 is 0 Å². The number of allylic oxidation sites excluding steroid dienone is 2. The molecule has 1 atom stereocenters. The lowest BCUT2D eigenvalue weighted by Crippen LogP contribution is -2.26. The SMILES string of the molecule is C=C/C(CCCc1cccc(/C=C/c2ccc3ccc(Cl)cc3n2)c1)=C(\C=C)C(C)(O)CC. The zero-order chi connectivity index (χ0) is 23.8. The molecule has 1 heterocycles. The quantitative estimate of drug-likeness (QED) is 0.311. The minimum Gasteiger partial charge on any atom is -0.385 e. The van der Waals surface area contributed by atoms with Crippen molar-refractivity contribution in [2.24, 2.45) is 0 Å². The third kappa shape index (κ3) is 6.54. The van der Waals surface area contributed by atoms with Crippen LogP contribution in [-0.2, 0) is 6.42 Å². The van der Waals surface area contributed by atoms with Crippen molar-refractivity contribution in [1.82, 2.24) is 4.98 Å². The van der Waals surface area contributed by atoms with Crippen LogP contribution >= 0.6 is 11.6 Å². The molecule has 0 amide bonds. The molecule has 3 heteroatoms. The second-order valence-electron chi connectivity index (χ2n) is 8.48. The Bertz CT molecular complexity index is 1200. The second kappa shape index (κ2) is 11.3. The number of fused-ring (bicyclic) bond motifs is 1. The summed E-state index contributed by atoms with van der Waals surface area (Å²) in [5.41, 5.74) is 5.28. The fraction of sp³-hybridized carbons (Fsp3) is 0.233. The van der Waals surface area contributed by atoms with Crippen molar-refractivity contribution in [3.63, 3.8) is 0 Å². The van der Waals surface area contributed by atoms with Crippen molar-refractivity contribution < 1.29 is 5.11 Å². The predicted molar refractivity (Wildman–Crippen MR) is 143 cm³/mol. The second-order valence-corrected chi connectivity index (χ2v) is 8.92. The molecule has 0 spiro atoms. The van der Waals surface area contributed by atoms with Gasteiger partial charge in [0.1, 0.15) is 0 Å². The van der Waals surface area contributed by atoms with Crippen molar-refractivity contribution >= 4 is 34.7 Å². The molecule has 1 aromatic heterocycles. The first-order chi connectivity index (χ1) is 15.9. The van der Waals surface area contributed by atoms with Gasteiger partial charge in [-0.1, -0.05) is 86.3 Å². The topological polar surface area (TPSA) is 33.1 Å². The third-order valence-corrected chi connectivity index (χ3v) is 6.29. The van der Waals surface area contributed by atoms with E-state index < -0.39 is 5.60 Å². The highest BCUT2D eigenvalue weighted by Crippen LogP contribution is 2.28. The summed E-state index contributed by atoms with van der Waals surface area (Å²) >= 11 is 6.10. The molecule has 2 aromatic carbocycles. The Morgan fingerprint density at radius 3 is 2.58 bits per heavy atom. The lowest BCUT2D eigenvalue weighted by Gasteiger charge is -2.25. The van der Waals surface area contributed by atoms with E-state index in [0.29, 0.717) is 11.4 Å². The van der Waals surface area contributed by atoms with Crippen LogP contribution in [0.5, 0.6) is 0 Å². The number of aromatic nitrogens is 1. The normalized spacial score (nSPS) is 14.2. The molecule has 0 aliphatic heterocycles. The van der Waals surface area contributed by atoms with E-state index in [2.05, 4.69) is 54.5 Å². The summed E-state index contributed by atoms with van der Waals surface area (Å²) < 4.78 is 0. The molecule has 1 unspecified atom stereocenters. The number of hydrogen-bond acceptors (Lipinski definition) is 2. The summed E-state index contributed by atoms with van der Waals surface area (Å²) in [5.74, 6) is 0. The van der Waals surface area contributed by atoms with E-state index in [1.807, 2.05) is 50.3 Å². The highest BCUT2D eigenvalue weighted by molar-refractivity contribution is 6.31. The van der Waals surface area contributed by atoms with Gasteiger partial charge in [-0.15, -0.1) is 0 Å². The molecule has 0 radical (unpaired) electrons. The van der Waals surface area contributed by atoms with Crippen LogP contribution in [0.3, 0.4) is 0 Å². The Labute approximate surface area is 202 Å². The van der Waals surface area contributed by atoms with E-state index in [9.17, 15) is 5.11 Å². The van der Waals surface area contributed by atoms with E-state index in [1.165, 1.54) is 5.56 Å². The minimum atomic E-state index is -0.877. The minimum absolute atomic E-state index is 0.638. The largest absolute Gasteiger partial charge is 0.385 e. The van der Waals surface area contributed by atoms with Gasteiger partial charge in [-0.3, -0.25) is 0 Å². The van der Waals surface area contributed by atoms with Gasteiger partial charge in [0.2, 0.25) is 0 Å². The van der Waals surface area contributed by atoms with Gasteiger partial charge in [0, 0.05) is 10.4 Å². The first-order valence-electron chi connectivity index (χ1n) is 11.4. The Morgan fingerprint density at radius 2 is 1.85 bits per heavy atom. The smallest absolute Gasteiger partial charge is 0.0868 e. The fourth-order valence-electron chi connectivity index (χ4n) is 3.95. The number of pyridine rings is 1. The van der Waals surface area contributed by atoms with Gasteiger partial charge in [0.25, 0.3) is 0 Å². The number of benzene rings is 2. The highest BCUT2D eigenvalue weighted by Gasteiger charge is 2.23. The van der Waals surface area contributed by atoms with Crippen LogP contribution in [-0.4, -0.2) is 15.7 Å². The number of rotatable bonds is 10. The molecule has 2 nitrogen and oxygen atoms in total. The Balaban J connectivity index is 1.68. The Hall–Kier alpha value is -2.94. The molecule has 1 N–H and O–H groups in total. The molecule has 0 fully saturated rings. The van der Waals surface area contributed by atoms with E-state index in [1.54, 1.807) is 6.08 Å².